The first-order valence-electron chi connectivity index (χ1n) is 5.73. The summed E-state index contributed by atoms with van der Waals surface area (Å²) >= 11 is 0. The second kappa shape index (κ2) is 3.70. The highest BCUT2D eigenvalue weighted by atomic mass is 19.1. The van der Waals surface area contributed by atoms with Crippen LogP contribution >= 0.6 is 0 Å². The molecule has 0 aromatic heterocycles. The quantitative estimate of drug-likeness (QED) is 0.714. The summed E-state index contributed by atoms with van der Waals surface area (Å²) in [6, 6.07) is 4.37. The number of hydrogen-bond acceptors (Lipinski definition) is 3. The molecule has 0 aliphatic carbocycles. The van der Waals surface area contributed by atoms with Crippen LogP contribution in [0.2, 0.25) is 0 Å². The molecule has 1 saturated heterocycles. The number of halogens is 1. The highest BCUT2D eigenvalue weighted by Crippen LogP contribution is 2.36. The van der Waals surface area contributed by atoms with Crippen LogP contribution < -0.4 is 15.1 Å². The van der Waals surface area contributed by atoms with Crippen molar-refractivity contribution in [3.63, 3.8) is 0 Å². The highest BCUT2D eigenvalue weighted by Gasteiger charge is 2.37. The summed E-state index contributed by atoms with van der Waals surface area (Å²) < 4.78 is 13.3. The van der Waals surface area contributed by atoms with Gasteiger partial charge < -0.3 is 15.1 Å². The van der Waals surface area contributed by atoms with E-state index in [9.17, 15) is 9.18 Å². The molecule has 2 heterocycles. The Labute approximate surface area is 99.0 Å². The number of hydrogen-bond donors (Lipinski definition) is 1. The molecule has 1 fully saturated rings. The number of carbonyl (C=O) groups is 1. The lowest BCUT2D eigenvalue weighted by molar-refractivity contribution is -0.120. The van der Waals surface area contributed by atoms with E-state index in [2.05, 4.69) is 5.32 Å². The first-order chi connectivity index (χ1) is 8.18. The van der Waals surface area contributed by atoms with Gasteiger partial charge in [-0.2, -0.15) is 0 Å². The van der Waals surface area contributed by atoms with Crippen LogP contribution in [-0.2, 0) is 4.79 Å². The zero-order valence-electron chi connectivity index (χ0n) is 9.61. The van der Waals surface area contributed by atoms with Gasteiger partial charge in [-0.05, 0) is 18.2 Å². The van der Waals surface area contributed by atoms with Crippen molar-refractivity contribution in [1.82, 2.24) is 5.32 Å². The largest absolute Gasteiger partial charge is 0.355 e. The number of anilines is 2. The fourth-order valence-electron chi connectivity index (χ4n) is 2.57. The van der Waals surface area contributed by atoms with Gasteiger partial charge in [0.25, 0.3) is 5.91 Å². The van der Waals surface area contributed by atoms with Crippen molar-refractivity contribution < 1.29 is 9.18 Å². The fourth-order valence-corrected chi connectivity index (χ4v) is 2.57. The highest BCUT2D eigenvalue weighted by molar-refractivity contribution is 6.05. The van der Waals surface area contributed by atoms with Gasteiger partial charge in [-0.3, -0.25) is 4.79 Å². The van der Waals surface area contributed by atoms with E-state index >= 15 is 0 Å². The molecule has 0 spiro atoms. The Morgan fingerprint density at radius 1 is 1.41 bits per heavy atom. The molecule has 3 rings (SSSR count). The number of rotatable bonds is 0. The molecular formula is C12H14FN3O. The molecule has 2 aliphatic heterocycles. The summed E-state index contributed by atoms with van der Waals surface area (Å²) in [4.78, 5) is 15.8. The first-order valence-corrected chi connectivity index (χ1v) is 5.73. The standard InChI is InChI=1S/C12H14FN3O/c1-15-9-3-2-8(13)6-10(9)16-5-4-14-7-11(16)12(15)17/h2-3,6,11,14H,4-5,7H2,1H3. The third-order valence-corrected chi connectivity index (χ3v) is 3.47. The lowest BCUT2D eigenvalue weighted by atomic mass is 10.0. The Kier molecular flexibility index (Phi) is 2.29. The third kappa shape index (κ3) is 1.50. The maximum absolute atomic E-state index is 13.3. The molecule has 0 radical (unpaired) electrons. The summed E-state index contributed by atoms with van der Waals surface area (Å²) in [6.45, 7) is 2.18. The molecule has 17 heavy (non-hydrogen) atoms. The second-order valence-corrected chi connectivity index (χ2v) is 4.44. The molecule has 90 valence electrons. The van der Waals surface area contributed by atoms with E-state index in [4.69, 9.17) is 0 Å². The third-order valence-electron chi connectivity index (χ3n) is 3.47. The van der Waals surface area contributed by atoms with Crippen LogP contribution in [0, 0.1) is 5.82 Å². The van der Waals surface area contributed by atoms with Gasteiger partial charge in [-0.25, -0.2) is 4.39 Å². The predicted octanol–water partition coefficient (Wildman–Crippen LogP) is 0.580. The molecule has 0 bridgehead atoms. The number of carbonyl (C=O) groups excluding carboxylic acids is 1. The Balaban J connectivity index is 2.13. The summed E-state index contributed by atoms with van der Waals surface area (Å²) in [5.74, 6) is -0.194. The molecule has 1 aromatic rings. The van der Waals surface area contributed by atoms with Crippen molar-refractivity contribution in [2.45, 2.75) is 6.04 Å². The maximum Gasteiger partial charge on any atom is 0.250 e. The molecule has 2 aliphatic rings. The minimum atomic E-state index is -0.260. The molecule has 1 amide bonds. The zero-order chi connectivity index (χ0) is 12.0. The van der Waals surface area contributed by atoms with E-state index in [1.165, 1.54) is 12.1 Å². The lowest BCUT2D eigenvalue weighted by Crippen LogP contribution is -2.61. The Morgan fingerprint density at radius 2 is 2.24 bits per heavy atom. The smallest absolute Gasteiger partial charge is 0.250 e. The Morgan fingerprint density at radius 3 is 3.06 bits per heavy atom. The van der Waals surface area contributed by atoms with Crippen molar-refractivity contribution in [3.05, 3.63) is 24.0 Å². The maximum atomic E-state index is 13.3. The SMILES string of the molecule is CN1C(=O)C2CNCCN2c2cc(F)ccc21. The van der Waals surface area contributed by atoms with Crippen molar-refractivity contribution >= 4 is 17.3 Å². The van der Waals surface area contributed by atoms with E-state index in [1.54, 1.807) is 18.0 Å². The fraction of sp³-hybridized carbons (Fsp3) is 0.417. The molecule has 1 atom stereocenters. The zero-order valence-corrected chi connectivity index (χ0v) is 9.61. The lowest BCUT2D eigenvalue weighted by Gasteiger charge is -2.44. The first kappa shape index (κ1) is 10.5. The van der Waals surface area contributed by atoms with Crippen molar-refractivity contribution in [2.24, 2.45) is 0 Å². The normalized spacial score (nSPS) is 23.4. The molecular weight excluding hydrogens is 221 g/mol. The minimum absolute atomic E-state index is 0.0660. The summed E-state index contributed by atoms with van der Waals surface area (Å²) in [6.07, 6.45) is 0. The van der Waals surface area contributed by atoms with Crippen LogP contribution in [0.4, 0.5) is 15.8 Å². The van der Waals surface area contributed by atoms with Gasteiger partial charge in [0.05, 0.1) is 11.4 Å². The van der Waals surface area contributed by atoms with Crippen molar-refractivity contribution in [2.75, 3.05) is 36.5 Å². The number of benzene rings is 1. The molecule has 4 nitrogen and oxygen atoms in total. The summed E-state index contributed by atoms with van der Waals surface area (Å²) in [5.41, 5.74) is 1.60. The predicted molar refractivity (Wildman–Crippen MR) is 63.8 cm³/mol. The number of nitrogens with zero attached hydrogens (tertiary/aromatic N) is 2. The topological polar surface area (TPSA) is 35.6 Å². The minimum Gasteiger partial charge on any atom is -0.355 e. The van der Waals surface area contributed by atoms with Gasteiger partial charge >= 0.3 is 0 Å². The van der Waals surface area contributed by atoms with E-state index in [1.807, 2.05) is 4.90 Å². The van der Waals surface area contributed by atoms with Gasteiger partial charge in [0.1, 0.15) is 11.9 Å². The van der Waals surface area contributed by atoms with Crippen molar-refractivity contribution in [1.29, 1.82) is 0 Å². The monoisotopic (exact) mass is 235 g/mol. The molecule has 0 saturated carbocycles. The van der Waals surface area contributed by atoms with Gasteiger partial charge in [-0.15, -0.1) is 0 Å². The van der Waals surface area contributed by atoms with Crippen LogP contribution in [0.1, 0.15) is 0 Å². The molecule has 5 heteroatoms. The number of piperazine rings is 1. The van der Waals surface area contributed by atoms with Gasteiger partial charge in [-0.1, -0.05) is 0 Å². The van der Waals surface area contributed by atoms with Gasteiger partial charge in [0, 0.05) is 26.7 Å². The Bertz CT molecular complexity index is 477. The van der Waals surface area contributed by atoms with Crippen molar-refractivity contribution in [3.8, 4) is 0 Å². The van der Waals surface area contributed by atoms with Gasteiger partial charge in [0.2, 0.25) is 0 Å². The van der Waals surface area contributed by atoms with Crippen LogP contribution in [0.3, 0.4) is 0 Å². The number of amides is 1. The number of fused-ring (bicyclic) bond motifs is 3. The average Bonchev–Trinajstić information content (AvgIpc) is 2.36. The number of nitrogens with one attached hydrogen (secondary N) is 1. The van der Waals surface area contributed by atoms with Crippen LogP contribution in [-0.4, -0.2) is 38.6 Å². The van der Waals surface area contributed by atoms with E-state index in [0.717, 1.165) is 24.5 Å². The molecule has 1 N–H and O–H groups in total. The van der Waals surface area contributed by atoms with E-state index in [-0.39, 0.29) is 17.8 Å². The molecule has 1 aromatic carbocycles. The average molecular weight is 235 g/mol. The summed E-state index contributed by atoms with van der Waals surface area (Å²) in [5, 5.41) is 3.20. The van der Waals surface area contributed by atoms with E-state index < -0.39 is 0 Å². The molecule has 1 unspecified atom stereocenters. The van der Waals surface area contributed by atoms with E-state index in [0.29, 0.717) is 6.54 Å². The van der Waals surface area contributed by atoms with Crippen LogP contribution in [0.5, 0.6) is 0 Å². The summed E-state index contributed by atoms with van der Waals surface area (Å²) in [7, 11) is 1.74. The second-order valence-electron chi connectivity index (χ2n) is 4.44. The van der Waals surface area contributed by atoms with Crippen LogP contribution in [0.15, 0.2) is 18.2 Å². The number of likely N-dealkylation sites (N-methyl/N-ethyl adjacent to an activating group) is 1. The Hall–Kier alpha value is -1.62. The van der Waals surface area contributed by atoms with Crippen LogP contribution in [0.25, 0.3) is 0 Å². The van der Waals surface area contributed by atoms with Gasteiger partial charge in [0.15, 0.2) is 0 Å².